The second kappa shape index (κ2) is 4.39. The minimum absolute atomic E-state index is 0.142. The Morgan fingerprint density at radius 2 is 1.93 bits per heavy atom. The molecule has 0 amide bonds. The highest BCUT2D eigenvalue weighted by atomic mass is 16.5. The van der Waals surface area contributed by atoms with Gasteiger partial charge in [0, 0.05) is 5.56 Å². The van der Waals surface area contributed by atoms with Crippen LogP contribution in [0.3, 0.4) is 0 Å². The van der Waals surface area contributed by atoms with Gasteiger partial charge in [-0.1, -0.05) is 30.3 Å². The van der Waals surface area contributed by atoms with Gasteiger partial charge < -0.3 is 20.7 Å². The lowest BCUT2D eigenvalue weighted by Gasteiger charge is -2.26. The number of methoxy groups -OCH3 is 1. The molecule has 0 aliphatic heterocycles. The Morgan fingerprint density at radius 3 is 2.40 bits per heavy atom. The summed E-state index contributed by atoms with van der Waals surface area (Å²) in [6.07, 6.45) is 0. The molecule has 0 saturated carbocycles. The maximum absolute atomic E-state index is 11.1. The van der Waals surface area contributed by atoms with Crippen LogP contribution in [0.15, 0.2) is 30.3 Å². The summed E-state index contributed by atoms with van der Waals surface area (Å²) in [6.45, 7) is 0. The van der Waals surface area contributed by atoms with Crippen molar-refractivity contribution in [1.29, 1.82) is 0 Å². The average molecular weight is 211 g/mol. The van der Waals surface area contributed by atoms with Crippen LogP contribution in [0.5, 0.6) is 0 Å². The molecule has 5 nitrogen and oxygen atoms in total. The first-order chi connectivity index (χ1) is 7.00. The summed E-state index contributed by atoms with van der Waals surface area (Å²) in [4.78, 5) is 11.1. The third kappa shape index (κ3) is 2.33. The highest BCUT2D eigenvalue weighted by Gasteiger charge is 2.39. The summed E-state index contributed by atoms with van der Waals surface area (Å²) < 4.78 is 4.34. The van der Waals surface area contributed by atoms with Crippen LogP contribution in [0.2, 0.25) is 0 Å². The predicted octanol–water partition coefficient (Wildman–Crippen LogP) is -0.676. The molecule has 1 atom stereocenters. The van der Waals surface area contributed by atoms with E-state index in [2.05, 4.69) is 4.74 Å². The van der Waals surface area contributed by atoms with Gasteiger partial charge in [0.1, 0.15) is 0 Å². The van der Waals surface area contributed by atoms with Gasteiger partial charge in [0.05, 0.1) is 7.11 Å². The van der Waals surface area contributed by atoms with Crippen molar-refractivity contribution in [2.75, 3.05) is 7.11 Å². The predicted molar refractivity (Wildman–Crippen MR) is 52.5 cm³/mol. The molecule has 0 bridgehead atoms. The second-order valence-corrected chi connectivity index (χ2v) is 3.09. The number of rotatable bonds is 3. The molecule has 1 aromatic rings. The molecule has 0 fully saturated rings. The zero-order chi connectivity index (χ0) is 11.5. The monoisotopic (exact) mass is 211 g/mol. The van der Waals surface area contributed by atoms with Gasteiger partial charge in [-0.3, -0.25) is 4.79 Å². The number of benzene rings is 1. The van der Waals surface area contributed by atoms with Gasteiger partial charge in [-0.15, -0.1) is 0 Å². The van der Waals surface area contributed by atoms with Crippen LogP contribution in [-0.2, 0) is 15.3 Å². The van der Waals surface area contributed by atoms with Crippen molar-refractivity contribution < 1.29 is 19.7 Å². The Morgan fingerprint density at radius 1 is 1.40 bits per heavy atom. The molecule has 0 spiro atoms. The standard InChI is InChI=1S/C10H13NO4/c1-15-9(12)8(11)10(13,14)7-5-3-2-4-6-7/h2-6,8,13-14H,11H2,1H3. The summed E-state index contributed by atoms with van der Waals surface area (Å²) in [5.74, 6) is -3.31. The normalized spacial score (nSPS) is 13.3. The first-order valence-corrected chi connectivity index (χ1v) is 4.34. The SMILES string of the molecule is COC(=O)C(N)C(O)(O)c1ccccc1. The highest BCUT2D eigenvalue weighted by molar-refractivity contribution is 5.76. The van der Waals surface area contributed by atoms with E-state index in [1.807, 2.05) is 0 Å². The Hall–Kier alpha value is -1.43. The van der Waals surface area contributed by atoms with Crippen LogP contribution in [0.25, 0.3) is 0 Å². The summed E-state index contributed by atoms with van der Waals surface area (Å²) in [7, 11) is 1.13. The lowest BCUT2D eigenvalue weighted by Crippen LogP contribution is -2.51. The van der Waals surface area contributed by atoms with E-state index in [0.717, 1.165) is 7.11 Å². The minimum atomic E-state index is -2.42. The molecule has 15 heavy (non-hydrogen) atoms. The molecule has 0 aromatic heterocycles. The van der Waals surface area contributed by atoms with Gasteiger partial charge in [0.2, 0.25) is 5.79 Å². The van der Waals surface area contributed by atoms with Crippen LogP contribution in [-0.4, -0.2) is 29.3 Å². The first kappa shape index (κ1) is 11.6. The Labute approximate surface area is 87.1 Å². The highest BCUT2D eigenvalue weighted by Crippen LogP contribution is 2.21. The number of hydrogen-bond acceptors (Lipinski definition) is 5. The quantitative estimate of drug-likeness (QED) is 0.455. The average Bonchev–Trinajstić information content (AvgIpc) is 2.28. The summed E-state index contributed by atoms with van der Waals surface area (Å²) in [5, 5.41) is 19.4. The Kier molecular flexibility index (Phi) is 3.41. The topological polar surface area (TPSA) is 92.8 Å². The van der Waals surface area contributed by atoms with Crippen molar-refractivity contribution in [2.24, 2.45) is 5.73 Å². The summed E-state index contributed by atoms with van der Waals surface area (Å²) in [5.41, 5.74) is 5.50. The van der Waals surface area contributed by atoms with E-state index in [4.69, 9.17) is 5.73 Å². The number of carbonyl (C=O) groups is 1. The largest absolute Gasteiger partial charge is 0.468 e. The number of aliphatic hydroxyl groups is 2. The maximum Gasteiger partial charge on any atom is 0.328 e. The lowest BCUT2D eigenvalue weighted by atomic mass is 9.99. The Bertz CT molecular complexity index is 337. The van der Waals surface area contributed by atoms with Crippen LogP contribution in [0.1, 0.15) is 5.56 Å². The smallest absolute Gasteiger partial charge is 0.328 e. The third-order valence-electron chi connectivity index (χ3n) is 2.09. The van der Waals surface area contributed by atoms with Gasteiger partial charge >= 0.3 is 5.97 Å². The Balaban J connectivity index is 2.97. The molecule has 1 rings (SSSR count). The van der Waals surface area contributed by atoms with E-state index in [9.17, 15) is 15.0 Å². The fraction of sp³-hybridized carbons (Fsp3) is 0.300. The van der Waals surface area contributed by atoms with Crippen molar-refractivity contribution in [3.05, 3.63) is 35.9 Å². The molecule has 0 radical (unpaired) electrons. The van der Waals surface area contributed by atoms with Gasteiger partial charge in [-0.2, -0.15) is 0 Å². The van der Waals surface area contributed by atoms with Crippen LogP contribution in [0.4, 0.5) is 0 Å². The fourth-order valence-electron chi connectivity index (χ4n) is 1.15. The zero-order valence-corrected chi connectivity index (χ0v) is 8.25. The van der Waals surface area contributed by atoms with Gasteiger partial charge in [0.15, 0.2) is 6.04 Å². The molecule has 5 heteroatoms. The van der Waals surface area contributed by atoms with E-state index in [-0.39, 0.29) is 5.56 Å². The van der Waals surface area contributed by atoms with Gasteiger partial charge in [-0.25, -0.2) is 0 Å². The molecule has 0 aliphatic rings. The van der Waals surface area contributed by atoms with Crippen molar-refractivity contribution in [1.82, 2.24) is 0 Å². The molecule has 1 unspecified atom stereocenters. The number of carbonyl (C=O) groups excluding carboxylic acids is 1. The molecule has 82 valence electrons. The minimum Gasteiger partial charge on any atom is -0.468 e. The molecule has 0 saturated heterocycles. The van der Waals surface area contributed by atoms with Crippen LogP contribution < -0.4 is 5.73 Å². The van der Waals surface area contributed by atoms with Crippen molar-refractivity contribution >= 4 is 5.97 Å². The number of esters is 1. The number of hydrogen-bond donors (Lipinski definition) is 3. The van der Waals surface area contributed by atoms with Crippen molar-refractivity contribution in [3.63, 3.8) is 0 Å². The second-order valence-electron chi connectivity index (χ2n) is 3.09. The third-order valence-corrected chi connectivity index (χ3v) is 2.09. The number of nitrogens with two attached hydrogens (primary N) is 1. The van der Waals surface area contributed by atoms with Crippen LogP contribution in [0, 0.1) is 0 Å². The lowest BCUT2D eigenvalue weighted by molar-refractivity contribution is -0.198. The zero-order valence-electron chi connectivity index (χ0n) is 8.25. The van der Waals surface area contributed by atoms with Crippen molar-refractivity contribution in [3.8, 4) is 0 Å². The van der Waals surface area contributed by atoms with E-state index in [0.29, 0.717) is 0 Å². The molecule has 1 aromatic carbocycles. The van der Waals surface area contributed by atoms with Gasteiger partial charge in [0.25, 0.3) is 0 Å². The fourth-order valence-corrected chi connectivity index (χ4v) is 1.15. The van der Waals surface area contributed by atoms with Crippen LogP contribution >= 0.6 is 0 Å². The van der Waals surface area contributed by atoms with E-state index >= 15 is 0 Å². The molecule has 0 aliphatic carbocycles. The van der Waals surface area contributed by atoms with E-state index in [1.54, 1.807) is 18.2 Å². The van der Waals surface area contributed by atoms with Gasteiger partial charge in [-0.05, 0) is 0 Å². The molecular formula is C10H13NO4. The summed E-state index contributed by atoms with van der Waals surface area (Å²) in [6, 6.07) is 6.32. The molecule has 4 N–H and O–H groups in total. The van der Waals surface area contributed by atoms with E-state index < -0.39 is 17.8 Å². The number of ether oxygens (including phenoxy) is 1. The first-order valence-electron chi connectivity index (χ1n) is 4.34. The summed E-state index contributed by atoms with van der Waals surface area (Å²) >= 11 is 0. The van der Waals surface area contributed by atoms with Crippen molar-refractivity contribution in [2.45, 2.75) is 11.8 Å². The maximum atomic E-state index is 11.1. The molecular weight excluding hydrogens is 198 g/mol. The molecule has 0 heterocycles. The van der Waals surface area contributed by atoms with E-state index in [1.165, 1.54) is 12.1 Å².